The molecule has 81 valence electrons. The molecule has 0 aromatic heterocycles. The van der Waals surface area contributed by atoms with Crippen LogP contribution in [0.25, 0.3) is 0 Å². The van der Waals surface area contributed by atoms with E-state index >= 15 is 0 Å². The van der Waals surface area contributed by atoms with Crippen LogP contribution in [0.5, 0.6) is 0 Å². The lowest BCUT2D eigenvalue weighted by Gasteiger charge is -2.25. The zero-order valence-electron chi connectivity index (χ0n) is 8.94. The van der Waals surface area contributed by atoms with Crippen LogP contribution in [0, 0.1) is 6.92 Å². The zero-order valence-corrected chi connectivity index (χ0v) is 9.69. The van der Waals surface area contributed by atoms with Crippen LogP contribution < -0.4 is 0 Å². The molecule has 0 fully saturated rings. The maximum atomic E-state index is 5.89. The number of halogens is 1. The normalized spacial score (nSPS) is 23.4. The van der Waals surface area contributed by atoms with Crippen molar-refractivity contribution >= 4 is 17.8 Å². The van der Waals surface area contributed by atoms with Gasteiger partial charge in [0.1, 0.15) is 5.54 Å². The molecule has 0 amide bonds. The van der Waals surface area contributed by atoms with Crippen molar-refractivity contribution in [1.29, 1.82) is 0 Å². The minimum absolute atomic E-state index is 0.353. The largest absolute Gasteiger partial charge is 0.278 e. The Morgan fingerprint density at radius 3 is 2.56 bits per heavy atom. The van der Waals surface area contributed by atoms with Crippen LogP contribution >= 0.6 is 11.6 Å². The first-order valence-electron chi connectivity index (χ1n) is 5.22. The molecule has 2 rings (SSSR count). The van der Waals surface area contributed by atoms with Gasteiger partial charge in [-0.15, -0.1) is 0 Å². The number of rotatable bonds is 2. The van der Waals surface area contributed by atoms with Crippen LogP contribution in [-0.4, -0.2) is 6.21 Å². The molecule has 0 aliphatic carbocycles. The highest BCUT2D eigenvalue weighted by molar-refractivity contribution is 6.30. The van der Waals surface area contributed by atoms with E-state index in [2.05, 4.69) is 18.0 Å². The van der Waals surface area contributed by atoms with E-state index in [9.17, 15) is 0 Å². The molecule has 0 saturated heterocycles. The lowest BCUT2D eigenvalue weighted by molar-refractivity contribution is 0.576. The van der Waals surface area contributed by atoms with Gasteiger partial charge in [0.2, 0.25) is 0 Å². The van der Waals surface area contributed by atoms with Crippen molar-refractivity contribution in [2.45, 2.75) is 12.0 Å². The minimum atomic E-state index is -0.353. The van der Waals surface area contributed by atoms with E-state index < -0.39 is 0 Å². The predicted molar refractivity (Wildman–Crippen MR) is 69.9 cm³/mol. The molecule has 0 bridgehead atoms. The summed E-state index contributed by atoms with van der Waals surface area (Å²) in [6.45, 7) is 4.00. The highest BCUT2D eigenvalue weighted by Crippen LogP contribution is 2.32. The summed E-state index contributed by atoms with van der Waals surface area (Å²) >= 11 is 5.89. The number of nitrogens with zero attached hydrogens (tertiary/aromatic N) is 1. The quantitative estimate of drug-likeness (QED) is 0.730. The van der Waals surface area contributed by atoms with Crippen LogP contribution in [0.4, 0.5) is 0 Å². The van der Waals surface area contributed by atoms with Crippen LogP contribution in [0.2, 0.25) is 5.02 Å². The molecule has 1 aliphatic heterocycles. The lowest BCUT2D eigenvalue weighted by atomic mass is 9.87. The Balaban J connectivity index is 2.45. The molecular weight excluding hydrogens is 218 g/mol. The Morgan fingerprint density at radius 2 is 1.88 bits per heavy atom. The number of allylic oxidation sites excluding steroid dienone is 3. The SMILES string of the molecule is [CH2]CC1(c2ccc(Cl)cc2)C=CC=CC=N1. The molecule has 1 unspecified atom stereocenters. The Kier molecular flexibility index (Phi) is 3.25. The highest BCUT2D eigenvalue weighted by atomic mass is 35.5. The zero-order chi connectivity index (χ0) is 11.4. The third kappa shape index (κ3) is 2.10. The van der Waals surface area contributed by atoms with E-state index in [-0.39, 0.29) is 5.54 Å². The average molecular weight is 231 g/mol. The molecule has 0 N–H and O–H groups in total. The van der Waals surface area contributed by atoms with E-state index in [1.54, 1.807) is 0 Å². The topological polar surface area (TPSA) is 12.4 Å². The summed E-state index contributed by atoms with van der Waals surface area (Å²) in [5, 5.41) is 0.739. The fourth-order valence-electron chi connectivity index (χ4n) is 1.75. The highest BCUT2D eigenvalue weighted by Gasteiger charge is 2.25. The molecule has 1 aliphatic rings. The Hall–Kier alpha value is -1.34. The van der Waals surface area contributed by atoms with Crippen molar-refractivity contribution in [1.82, 2.24) is 0 Å². The third-order valence-corrected chi connectivity index (χ3v) is 2.96. The summed E-state index contributed by atoms with van der Waals surface area (Å²) in [6.07, 6.45) is 10.5. The Morgan fingerprint density at radius 1 is 1.12 bits per heavy atom. The number of benzene rings is 1. The summed E-state index contributed by atoms with van der Waals surface area (Å²) in [7, 11) is 0. The van der Waals surface area contributed by atoms with Gasteiger partial charge in [-0.2, -0.15) is 0 Å². The molecule has 1 radical (unpaired) electrons. The summed E-state index contributed by atoms with van der Waals surface area (Å²) in [5.41, 5.74) is 0.761. The first-order valence-corrected chi connectivity index (χ1v) is 5.60. The van der Waals surface area contributed by atoms with E-state index in [1.807, 2.05) is 48.7 Å². The molecule has 2 heteroatoms. The Bertz CT molecular complexity index is 424. The minimum Gasteiger partial charge on any atom is -0.278 e. The van der Waals surface area contributed by atoms with E-state index in [1.165, 1.54) is 0 Å². The maximum absolute atomic E-state index is 5.89. The van der Waals surface area contributed by atoms with Crippen molar-refractivity contribution in [3.05, 3.63) is 66.1 Å². The second-order valence-corrected chi connectivity index (χ2v) is 4.14. The van der Waals surface area contributed by atoms with E-state index in [0.717, 1.165) is 10.6 Å². The van der Waals surface area contributed by atoms with Crippen molar-refractivity contribution in [2.24, 2.45) is 4.99 Å². The fraction of sp³-hybridized carbons (Fsp3) is 0.143. The Labute approximate surface area is 101 Å². The fourth-order valence-corrected chi connectivity index (χ4v) is 1.88. The van der Waals surface area contributed by atoms with E-state index in [4.69, 9.17) is 11.6 Å². The molecule has 1 heterocycles. The predicted octanol–water partition coefficient (Wildman–Crippen LogP) is 3.96. The van der Waals surface area contributed by atoms with Crippen LogP contribution in [-0.2, 0) is 5.54 Å². The monoisotopic (exact) mass is 230 g/mol. The van der Waals surface area contributed by atoms with Gasteiger partial charge in [0.15, 0.2) is 0 Å². The van der Waals surface area contributed by atoms with Crippen LogP contribution in [0.1, 0.15) is 12.0 Å². The van der Waals surface area contributed by atoms with Gasteiger partial charge in [-0.25, -0.2) is 0 Å². The summed E-state index contributed by atoms with van der Waals surface area (Å²) in [5.74, 6) is 0. The standard InChI is InChI=1S/C14H13ClN/c1-2-14(10-4-3-5-11-16-14)12-6-8-13(15)9-7-12/h3-11H,1-2H2. The smallest absolute Gasteiger partial charge is 0.104 e. The third-order valence-electron chi connectivity index (χ3n) is 2.71. The van der Waals surface area contributed by atoms with Gasteiger partial charge in [0.25, 0.3) is 0 Å². The molecule has 0 spiro atoms. The van der Waals surface area contributed by atoms with Gasteiger partial charge >= 0.3 is 0 Å². The van der Waals surface area contributed by atoms with Gasteiger partial charge in [-0.05, 0) is 30.2 Å². The number of hydrogen-bond donors (Lipinski definition) is 0. The first-order chi connectivity index (χ1) is 7.77. The summed E-state index contributed by atoms with van der Waals surface area (Å²) in [6, 6.07) is 7.77. The molecule has 0 saturated carbocycles. The van der Waals surface area contributed by atoms with Gasteiger partial charge in [-0.1, -0.05) is 48.9 Å². The molecule has 1 aromatic rings. The van der Waals surface area contributed by atoms with Crippen molar-refractivity contribution in [2.75, 3.05) is 0 Å². The van der Waals surface area contributed by atoms with Gasteiger partial charge in [0, 0.05) is 11.2 Å². The van der Waals surface area contributed by atoms with E-state index in [0.29, 0.717) is 6.42 Å². The molecule has 16 heavy (non-hydrogen) atoms. The van der Waals surface area contributed by atoms with Gasteiger partial charge in [0.05, 0.1) is 0 Å². The van der Waals surface area contributed by atoms with Crippen molar-refractivity contribution in [3.63, 3.8) is 0 Å². The second kappa shape index (κ2) is 4.67. The lowest BCUT2D eigenvalue weighted by Crippen LogP contribution is -2.19. The molecule has 1 atom stereocenters. The van der Waals surface area contributed by atoms with Crippen molar-refractivity contribution < 1.29 is 0 Å². The summed E-state index contributed by atoms with van der Waals surface area (Å²) < 4.78 is 0. The van der Waals surface area contributed by atoms with Crippen molar-refractivity contribution in [3.8, 4) is 0 Å². The maximum Gasteiger partial charge on any atom is 0.104 e. The van der Waals surface area contributed by atoms with Gasteiger partial charge < -0.3 is 0 Å². The van der Waals surface area contributed by atoms with Crippen LogP contribution in [0.3, 0.4) is 0 Å². The second-order valence-electron chi connectivity index (χ2n) is 3.70. The molecule has 1 aromatic carbocycles. The summed E-state index contributed by atoms with van der Waals surface area (Å²) in [4.78, 5) is 4.57. The first kappa shape index (κ1) is 11.2. The number of hydrogen-bond acceptors (Lipinski definition) is 1. The molecular formula is C14H13ClN. The van der Waals surface area contributed by atoms with Gasteiger partial charge in [-0.3, -0.25) is 4.99 Å². The molecule has 1 nitrogen and oxygen atoms in total. The number of aliphatic imine (C=N–C) groups is 1. The van der Waals surface area contributed by atoms with Crippen LogP contribution in [0.15, 0.2) is 53.6 Å². The average Bonchev–Trinajstić information content (AvgIpc) is 2.56.